The molecule has 5 heteroatoms. The van der Waals surface area contributed by atoms with Crippen LogP contribution in [0.4, 0.5) is 4.79 Å². The van der Waals surface area contributed by atoms with Gasteiger partial charge in [0.2, 0.25) is 0 Å². The van der Waals surface area contributed by atoms with Gasteiger partial charge in [0.1, 0.15) is 0 Å². The maximum Gasteiger partial charge on any atom is 0.315 e. The van der Waals surface area contributed by atoms with Gasteiger partial charge in [-0.05, 0) is 12.8 Å². The lowest BCUT2D eigenvalue weighted by Crippen LogP contribution is -2.53. The van der Waals surface area contributed by atoms with Crippen LogP contribution in [0.15, 0.2) is 0 Å². The van der Waals surface area contributed by atoms with Crippen LogP contribution in [0, 0.1) is 10.8 Å². The molecule has 1 aliphatic heterocycles. The molecule has 1 aliphatic carbocycles. The molecule has 2 rings (SSSR count). The Hall–Kier alpha value is -0.810. The lowest BCUT2D eigenvalue weighted by Gasteiger charge is -2.38. The van der Waals surface area contributed by atoms with Crippen molar-refractivity contribution in [3.05, 3.63) is 0 Å². The van der Waals surface area contributed by atoms with Gasteiger partial charge < -0.3 is 20.5 Å². The zero-order valence-electron chi connectivity index (χ0n) is 11.3. The SMILES string of the molecule is CC1(CNC(=O)NC2CCCC2(C)CO)COC1. The third kappa shape index (κ3) is 2.78. The summed E-state index contributed by atoms with van der Waals surface area (Å²) in [5.74, 6) is 0. The van der Waals surface area contributed by atoms with Gasteiger partial charge in [-0.25, -0.2) is 4.79 Å². The zero-order chi connectivity index (χ0) is 13.2. The van der Waals surface area contributed by atoms with Crippen molar-refractivity contribution in [2.45, 2.75) is 39.2 Å². The molecule has 2 fully saturated rings. The first kappa shape index (κ1) is 13.6. The van der Waals surface area contributed by atoms with Gasteiger partial charge >= 0.3 is 6.03 Å². The molecule has 5 nitrogen and oxygen atoms in total. The van der Waals surface area contributed by atoms with E-state index in [4.69, 9.17) is 4.74 Å². The Morgan fingerprint density at radius 2 is 2.17 bits per heavy atom. The van der Waals surface area contributed by atoms with Crippen molar-refractivity contribution in [2.75, 3.05) is 26.4 Å². The molecule has 0 aromatic rings. The van der Waals surface area contributed by atoms with Crippen LogP contribution < -0.4 is 10.6 Å². The molecule has 0 radical (unpaired) electrons. The third-order valence-electron chi connectivity index (χ3n) is 4.33. The van der Waals surface area contributed by atoms with Crippen LogP contribution in [0.1, 0.15) is 33.1 Å². The second-order valence-electron chi connectivity index (χ2n) is 6.39. The van der Waals surface area contributed by atoms with Crippen LogP contribution >= 0.6 is 0 Å². The highest BCUT2D eigenvalue weighted by atomic mass is 16.5. The molecule has 104 valence electrons. The summed E-state index contributed by atoms with van der Waals surface area (Å²) in [6.07, 6.45) is 2.98. The van der Waals surface area contributed by atoms with E-state index < -0.39 is 0 Å². The number of nitrogens with one attached hydrogen (secondary N) is 2. The maximum atomic E-state index is 11.8. The van der Waals surface area contributed by atoms with E-state index in [0.29, 0.717) is 19.8 Å². The number of carbonyl (C=O) groups is 1. The Bertz CT molecular complexity index is 317. The summed E-state index contributed by atoms with van der Waals surface area (Å²) >= 11 is 0. The first-order valence-corrected chi connectivity index (χ1v) is 6.70. The predicted molar refractivity (Wildman–Crippen MR) is 68.3 cm³/mol. The highest BCUT2D eigenvalue weighted by molar-refractivity contribution is 5.74. The number of hydrogen-bond acceptors (Lipinski definition) is 3. The van der Waals surface area contributed by atoms with Gasteiger partial charge in [0.05, 0.1) is 19.8 Å². The summed E-state index contributed by atoms with van der Waals surface area (Å²) in [5, 5.41) is 15.3. The summed E-state index contributed by atoms with van der Waals surface area (Å²) < 4.78 is 5.15. The minimum atomic E-state index is -0.166. The van der Waals surface area contributed by atoms with Gasteiger partial charge in [-0.1, -0.05) is 20.3 Å². The van der Waals surface area contributed by atoms with Crippen LogP contribution in [-0.2, 0) is 4.74 Å². The fourth-order valence-corrected chi connectivity index (χ4v) is 2.72. The van der Waals surface area contributed by atoms with E-state index in [2.05, 4.69) is 17.6 Å². The number of aliphatic hydroxyl groups excluding tert-OH is 1. The fraction of sp³-hybridized carbons (Fsp3) is 0.923. The maximum absolute atomic E-state index is 11.8. The monoisotopic (exact) mass is 256 g/mol. The predicted octanol–water partition coefficient (Wildman–Crippen LogP) is 0.873. The number of urea groups is 1. The lowest BCUT2D eigenvalue weighted by molar-refractivity contribution is -0.0976. The smallest absolute Gasteiger partial charge is 0.315 e. The van der Waals surface area contributed by atoms with Gasteiger partial charge in [0.25, 0.3) is 0 Å². The standard InChI is InChI=1S/C13H24N2O3/c1-12(8-18-9-12)6-14-11(17)15-10-4-3-5-13(10,2)7-16/h10,16H,3-9H2,1-2H3,(H2,14,15,17). The van der Waals surface area contributed by atoms with Crippen molar-refractivity contribution in [1.82, 2.24) is 10.6 Å². The highest BCUT2D eigenvalue weighted by Gasteiger charge is 2.39. The molecule has 1 saturated carbocycles. The summed E-state index contributed by atoms with van der Waals surface area (Å²) in [6, 6.07) is -0.0531. The number of ether oxygens (including phenoxy) is 1. The average molecular weight is 256 g/mol. The van der Waals surface area contributed by atoms with E-state index in [1.54, 1.807) is 0 Å². The van der Waals surface area contributed by atoms with Crippen molar-refractivity contribution in [2.24, 2.45) is 10.8 Å². The molecule has 2 aliphatic rings. The van der Waals surface area contributed by atoms with E-state index in [9.17, 15) is 9.90 Å². The van der Waals surface area contributed by atoms with Crippen LogP contribution in [-0.4, -0.2) is 43.5 Å². The van der Waals surface area contributed by atoms with Crippen molar-refractivity contribution in [1.29, 1.82) is 0 Å². The number of aliphatic hydroxyl groups is 1. The van der Waals surface area contributed by atoms with Crippen LogP contribution in [0.5, 0.6) is 0 Å². The highest BCUT2D eigenvalue weighted by Crippen LogP contribution is 2.37. The minimum Gasteiger partial charge on any atom is -0.396 e. The van der Waals surface area contributed by atoms with E-state index in [1.165, 1.54) is 0 Å². The van der Waals surface area contributed by atoms with Gasteiger partial charge in [-0.15, -0.1) is 0 Å². The molecule has 1 saturated heterocycles. The van der Waals surface area contributed by atoms with E-state index in [-0.39, 0.29) is 29.5 Å². The number of hydrogen-bond donors (Lipinski definition) is 3. The third-order valence-corrected chi connectivity index (χ3v) is 4.33. The minimum absolute atomic E-state index is 0.0768. The molecular formula is C13H24N2O3. The first-order valence-electron chi connectivity index (χ1n) is 6.70. The summed E-state index contributed by atoms with van der Waals surface area (Å²) in [5.41, 5.74) is -0.0753. The largest absolute Gasteiger partial charge is 0.396 e. The second kappa shape index (κ2) is 5.05. The summed E-state index contributed by atoms with van der Waals surface area (Å²) in [7, 11) is 0. The number of rotatable bonds is 4. The summed E-state index contributed by atoms with van der Waals surface area (Å²) in [4.78, 5) is 11.8. The molecule has 0 bridgehead atoms. The van der Waals surface area contributed by atoms with E-state index >= 15 is 0 Å². The van der Waals surface area contributed by atoms with Gasteiger partial charge in [0.15, 0.2) is 0 Å². The first-order chi connectivity index (χ1) is 8.47. The number of carbonyl (C=O) groups excluding carboxylic acids is 1. The number of amides is 2. The molecule has 0 aromatic heterocycles. The topological polar surface area (TPSA) is 70.6 Å². The van der Waals surface area contributed by atoms with Gasteiger partial charge in [0, 0.05) is 23.4 Å². The normalized spacial score (nSPS) is 33.8. The summed E-state index contributed by atoms with van der Waals surface area (Å²) in [6.45, 7) is 6.33. The molecule has 3 N–H and O–H groups in total. The lowest BCUT2D eigenvalue weighted by atomic mass is 9.86. The fourth-order valence-electron chi connectivity index (χ4n) is 2.72. The molecule has 18 heavy (non-hydrogen) atoms. The second-order valence-corrected chi connectivity index (χ2v) is 6.39. The molecule has 0 spiro atoms. The van der Waals surface area contributed by atoms with Crippen LogP contribution in [0.2, 0.25) is 0 Å². The van der Waals surface area contributed by atoms with Crippen LogP contribution in [0.3, 0.4) is 0 Å². The van der Waals surface area contributed by atoms with Crippen molar-refractivity contribution in [3.63, 3.8) is 0 Å². The van der Waals surface area contributed by atoms with Crippen molar-refractivity contribution >= 4 is 6.03 Å². The van der Waals surface area contributed by atoms with Crippen molar-refractivity contribution in [3.8, 4) is 0 Å². The van der Waals surface area contributed by atoms with Crippen molar-refractivity contribution < 1.29 is 14.6 Å². The molecular weight excluding hydrogens is 232 g/mol. The Kier molecular flexibility index (Phi) is 3.82. The van der Waals surface area contributed by atoms with E-state index in [1.807, 2.05) is 6.92 Å². The quantitative estimate of drug-likeness (QED) is 0.699. The Morgan fingerprint density at radius 1 is 1.44 bits per heavy atom. The Morgan fingerprint density at radius 3 is 2.72 bits per heavy atom. The van der Waals surface area contributed by atoms with Gasteiger partial charge in [-0.3, -0.25) is 0 Å². The molecule has 2 amide bonds. The molecule has 2 atom stereocenters. The Balaban J connectivity index is 1.77. The molecule has 2 unspecified atom stereocenters. The zero-order valence-corrected chi connectivity index (χ0v) is 11.3. The molecule has 1 heterocycles. The Labute approximate surface area is 108 Å². The van der Waals surface area contributed by atoms with Gasteiger partial charge in [-0.2, -0.15) is 0 Å². The van der Waals surface area contributed by atoms with Crippen LogP contribution in [0.25, 0.3) is 0 Å². The average Bonchev–Trinajstić information content (AvgIpc) is 2.67. The molecule has 0 aromatic carbocycles. The van der Waals surface area contributed by atoms with E-state index in [0.717, 1.165) is 19.3 Å².